The van der Waals surface area contributed by atoms with Crippen molar-refractivity contribution in [3.63, 3.8) is 0 Å². The number of nitrogens with one attached hydrogen (secondary N) is 1. The molecule has 0 unspecified atom stereocenters. The fourth-order valence-electron chi connectivity index (χ4n) is 2.57. The molecule has 0 atom stereocenters. The van der Waals surface area contributed by atoms with Gasteiger partial charge in [0, 0.05) is 10.4 Å². The van der Waals surface area contributed by atoms with E-state index in [1.165, 1.54) is 29.7 Å². The first-order valence-corrected chi connectivity index (χ1v) is 7.85. The first-order chi connectivity index (χ1) is 9.37. The van der Waals surface area contributed by atoms with E-state index in [0.29, 0.717) is 4.88 Å². The van der Waals surface area contributed by atoms with Crippen molar-refractivity contribution in [1.82, 2.24) is 5.32 Å². The van der Waals surface area contributed by atoms with Gasteiger partial charge in [0.2, 0.25) is 0 Å². The number of fused-ring (bicyclic) bond motifs is 1. The highest BCUT2D eigenvalue weighted by atomic mass is 32.1. The van der Waals surface area contributed by atoms with Crippen molar-refractivity contribution in [2.45, 2.75) is 57.9 Å². The van der Waals surface area contributed by atoms with Crippen LogP contribution in [-0.2, 0) is 17.6 Å². The SMILES string of the molecule is CC(C)(CC(=O)O)NC(=O)c1cc2c(s1)CCCCC2. The predicted molar refractivity (Wildman–Crippen MR) is 79.4 cm³/mol. The number of thiophene rings is 1. The number of hydrogen-bond donors (Lipinski definition) is 2. The Hall–Kier alpha value is -1.36. The Morgan fingerprint density at radius 3 is 2.70 bits per heavy atom. The molecule has 0 fully saturated rings. The number of rotatable bonds is 4. The molecule has 1 heterocycles. The smallest absolute Gasteiger partial charge is 0.305 e. The fraction of sp³-hybridized carbons (Fsp3) is 0.600. The zero-order valence-corrected chi connectivity index (χ0v) is 12.8. The zero-order valence-electron chi connectivity index (χ0n) is 12.0. The van der Waals surface area contributed by atoms with Crippen LogP contribution in [0.5, 0.6) is 0 Å². The van der Waals surface area contributed by atoms with Crippen molar-refractivity contribution in [3.8, 4) is 0 Å². The van der Waals surface area contributed by atoms with E-state index in [1.54, 1.807) is 25.2 Å². The molecule has 5 heteroatoms. The van der Waals surface area contributed by atoms with E-state index in [4.69, 9.17) is 5.11 Å². The van der Waals surface area contributed by atoms with Crippen LogP contribution in [0.25, 0.3) is 0 Å². The lowest BCUT2D eigenvalue weighted by molar-refractivity contribution is -0.138. The Kier molecular flexibility index (Phi) is 4.48. The standard InChI is InChI=1S/C15H21NO3S/c1-15(2,9-13(17)18)16-14(19)12-8-10-6-4-3-5-7-11(10)20-12/h8H,3-7,9H2,1-2H3,(H,16,19)(H,17,18). The van der Waals surface area contributed by atoms with Crippen molar-refractivity contribution in [3.05, 3.63) is 21.4 Å². The Morgan fingerprint density at radius 1 is 1.30 bits per heavy atom. The summed E-state index contributed by atoms with van der Waals surface area (Å²) in [6.45, 7) is 3.47. The summed E-state index contributed by atoms with van der Waals surface area (Å²) >= 11 is 1.56. The fourth-order valence-corrected chi connectivity index (χ4v) is 3.72. The summed E-state index contributed by atoms with van der Waals surface area (Å²) in [4.78, 5) is 25.1. The molecule has 1 aromatic heterocycles. The molecule has 0 bridgehead atoms. The Balaban J connectivity index is 2.08. The van der Waals surface area contributed by atoms with Crippen LogP contribution in [0.1, 0.15) is 59.6 Å². The highest BCUT2D eigenvalue weighted by Crippen LogP contribution is 2.29. The van der Waals surface area contributed by atoms with Crippen LogP contribution in [0.2, 0.25) is 0 Å². The van der Waals surface area contributed by atoms with Crippen LogP contribution in [0.3, 0.4) is 0 Å². The number of aliphatic carboxylic acids is 1. The van der Waals surface area contributed by atoms with Gasteiger partial charge in [-0.2, -0.15) is 0 Å². The minimum atomic E-state index is -0.905. The average Bonchev–Trinajstić information content (AvgIpc) is 2.59. The highest BCUT2D eigenvalue weighted by molar-refractivity contribution is 7.14. The molecule has 110 valence electrons. The molecule has 1 aliphatic carbocycles. The van der Waals surface area contributed by atoms with Gasteiger partial charge in [-0.3, -0.25) is 9.59 Å². The molecule has 0 aromatic carbocycles. The van der Waals surface area contributed by atoms with Gasteiger partial charge >= 0.3 is 5.97 Å². The topological polar surface area (TPSA) is 66.4 Å². The molecule has 2 N–H and O–H groups in total. The largest absolute Gasteiger partial charge is 0.481 e. The molecule has 0 saturated heterocycles. The number of amides is 1. The van der Waals surface area contributed by atoms with Crippen LogP contribution in [0.4, 0.5) is 0 Å². The van der Waals surface area contributed by atoms with Crippen LogP contribution in [0.15, 0.2) is 6.07 Å². The Bertz CT molecular complexity index is 496. The van der Waals surface area contributed by atoms with Gasteiger partial charge in [-0.05, 0) is 51.2 Å². The van der Waals surface area contributed by atoms with Crippen molar-refractivity contribution < 1.29 is 14.7 Å². The summed E-state index contributed by atoms with van der Waals surface area (Å²) < 4.78 is 0. The molecule has 0 saturated carbocycles. The molecular formula is C15H21NO3S. The second-order valence-electron chi connectivity index (χ2n) is 6.03. The van der Waals surface area contributed by atoms with Crippen molar-refractivity contribution in [2.75, 3.05) is 0 Å². The summed E-state index contributed by atoms with van der Waals surface area (Å²) in [6, 6.07) is 1.98. The van der Waals surface area contributed by atoms with Crippen molar-refractivity contribution in [2.24, 2.45) is 0 Å². The third-order valence-corrected chi connectivity index (χ3v) is 4.75. The molecule has 0 radical (unpaired) electrons. The maximum absolute atomic E-state index is 12.3. The summed E-state index contributed by atoms with van der Waals surface area (Å²) in [5.74, 6) is -1.06. The average molecular weight is 295 g/mol. The minimum absolute atomic E-state index is 0.0795. The lowest BCUT2D eigenvalue weighted by atomic mass is 10.0. The normalized spacial score (nSPS) is 15.3. The minimum Gasteiger partial charge on any atom is -0.481 e. The third kappa shape index (κ3) is 3.82. The van der Waals surface area contributed by atoms with Crippen molar-refractivity contribution in [1.29, 1.82) is 0 Å². The van der Waals surface area contributed by atoms with E-state index >= 15 is 0 Å². The Labute approximate surface area is 123 Å². The van der Waals surface area contributed by atoms with Gasteiger partial charge in [0.05, 0.1) is 11.3 Å². The molecule has 1 amide bonds. The van der Waals surface area contributed by atoms with Crippen LogP contribution in [0, 0.1) is 0 Å². The lowest BCUT2D eigenvalue weighted by Gasteiger charge is -2.23. The molecule has 4 nitrogen and oxygen atoms in total. The second kappa shape index (κ2) is 5.95. The van der Waals surface area contributed by atoms with Crippen LogP contribution >= 0.6 is 11.3 Å². The highest BCUT2D eigenvalue weighted by Gasteiger charge is 2.26. The number of carboxylic acids is 1. The Morgan fingerprint density at radius 2 is 2.00 bits per heavy atom. The number of hydrogen-bond acceptors (Lipinski definition) is 3. The molecule has 1 aliphatic rings. The molecular weight excluding hydrogens is 274 g/mol. The zero-order chi connectivity index (χ0) is 14.8. The van der Waals surface area contributed by atoms with Gasteiger partial charge < -0.3 is 10.4 Å². The summed E-state index contributed by atoms with van der Waals surface area (Å²) in [5.41, 5.74) is 0.568. The number of carboxylic acid groups (broad SMARTS) is 1. The summed E-state index contributed by atoms with van der Waals surface area (Å²) in [6.07, 6.45) is 5.68. The third-order valence-electron chi connectivity index (χ3n) is 3.52. The van der Waals surface area contributed by atoms with Gasteiger partial charge in [0.1, 0.15) is 0 Å². The summed E-state index contributed by atoms with van der Waals surface area (Å²) in [7, 11) is 0. The van der Waals surface area contributed by atoms with Crippen LogP contribution in [-0.4, -0.2) is 22.5 Å². The van der Waals surface area contributed by atoms with E-state index in [1.807, 2.05) is 6.07 Å². The molecule has 0 aliphatic heterocycles. The number of carbonyl (C=O) groups is 2. The van der Waals surface area contributed by atoms with Gasteiger partial charge in [-0.1, -0.05) is 6.42 Å². The molecule has 20 heavy (non-hydrogen) atoms. The van der Waals surface area contributed by atoms with E-state index in [0.717, 1.165) is 12.8 Å². The van der Waals surface area contributed by atoms with Crippen LogP contribution < -0.4 is 5.32 Å². The summed E-state index contributed by atoms with van der Waals surface area (Å²) in [5, 5.41) is 11.7. The van der Waals surface area contributed by atoms with Gasteiger partial charge in [0.15, 0.2) is 0 Å². The maximum atomic E-state index is 12.3. The first-order valence-electron chi connectivity index (χ1n) is 7.03. The van der Waals surface area contributed by atoms with E-state index in [2.05, 4.69) is 5.32 Å². The first kappa shape index (κ1) is 15.0. The van der Waals surface area contributed by atoms with E-state index in [9.17, 15) is 9.59 Å². The predicted octanol–water partition coefficient (Wildman–Crippen LogP) is 3.00. The second-order valence-corrected chi connectivity index (χ2v) is 7.16. The quantitative estimate of drug-likeness (QED) is 0.839. The van der Waals surface area contributed by atoms with Gasteiger partial charge in [-0.15, -0.1) is 11.3 Å². The molecule has 1 aromatic rings. The molecule has 0 spiro atoms. The number of carbonyl (C=O) groups excluding carboxylic acids is 1. The monoisotopic (exact) mass is 295 g/mol. The van der Waals surface area contributed by atoms with Crippen molar-refractivity contribution >= 4 is 23.2 Å². The molecule has 2 rings (SSSR count). The van der Waals surface area contributed by atoms with Gasteiger partial charge in [-0.25, -0.2) is 0 Å². The van der Waals surface area contributed by atoms with Gasteiger partial charge in [0.25, 0.3) is 5.91 Å². The lowest BCUT2D eigenvalue weighted by Crippen LogP contribution is -2.44. The maximum Gasteiger partial charge on any atom is 0.305 e. The number of aryl methyl sites for hydroxylation is 2. The van der Waals surface area contributed by atoms with E-state index in [-0.39, 0.29) is 12.3 Å². The van der Waals surface area contributed by atoms with E-state index < -0.39 is 11.5 Å².